The molecule has 0 radical (unpaired) electrons. The molecule has 0 rings (SSSR count). The maximum absolute atomic E-state index is 12.8. The van der Waals surface area contributed by atoms with Crippen LogP contribution in [0.15, 0.2) is 0 Å². The van der Waals surface area contributed by atoms with Crippen molar-refractivity contribution in [3.05, 3.63) is 0 Å². The Hall–Kier alpha value is -3.29. The number of esters is 1. The maximum Gasteiger partial charge on any atom is 0.326 e. The van der Waals surface area contributed by atoms with Crippen LogP contribution in [0.2, 0.25) is 25.7 Å². The molecule has 228 valence electrons. The third-order valence-corrected chi connectivity index (χ3v) is 7.70. The number of amides is 4. The van der Waals surface area contributed by atoms with Crippen LogP contribution in [0, 0.1) is 5.92 Å². The molecule has 0 fully saturated rings. The van der Waals surface area contributed by atoms with Gasteiger partial charge in [0.25, 0.3) is 0 Å². The first-order chi connectivity index (χ1) is 18.4. The van der Waals surface area contributed by atoms with Gasteiger partial charge in [0, 0.05) is 33.8 Å². The van der Waals surface area contributed by atoms with E-state index in [1.54, 1.807) is 0 Å². The molecule has 40 heavy (non-hydrogen) atoms. The van der Waals surface area contributed by atoms with Crippen LogP contribution in [0.4, 0.5) is 0 Å². The van der Waals surface area contributed by atoms with Crippen molar-refractivity contribution in [3.8, 4) is 0 Å². The highest BCUT2D eigenvalue weighted by Gasteiger charge is 2.28. The van der Waals surface area contributed by atoms with Crippen molar-refractivity contribution in [2.45, 2.75) is 110 Å². The van der Waals surface area contributed by atoms with Crippen LogP contribution in [0.25, 0.3) is 0 Å². The summed E-state index contributed by atoms with van der Waals surface area (Å²) in [6.45, 7) is 11.2. The lowest BCUT2D eigenvalue weighted by molar-refractivity contribution is -0.144. The minimum atomic E-state index is -1.52. The molecule has 4 atom stereocenters. The minimum absolute atomic E-state index is 0.254. The summed E-state index contributed by atoms with van der Waals surface area (Å²) in [5, 5.41) is 16.4. The lowest BCUT2D eigenvalue weighted by Gasteiger charge is -2.21. The van der Waals surface area contributed by atoms with Crippen molar-refractivity contribution in [1.29, 1.82) is 0 Å². The van der Waals surface area contributed by atoms with Crippen LogP contribution < -0.4 is 21.7 Å². The Morgan fingerprint density at radius 3 is 2.00 bits per heavy atom. The summed E-state index contributed by atoms with van der Waals surface area (Å²) in [7, 11) is -1.27. The smallest absolute Gasteiger partial charge is 0.326 e. The Kier molecular flexibility index (Phi) is 16.6. The first-order valence-corrected chi connectivity index (χ1v) is 17.2. The zero-order chi connectivity index (χ0) is 31.0. The van der Waals surface area contributed by atoms with Crippen LogP contribution in [0.3, 0.4) is 0 Å². The van der Waals surface area contributed by atoms with Crippen molar-refractivity contribution >= 4 is 49.4 Å². The molecule has 0 heterocycles. The summed E-state index contributed by atoms with van der Waals surface area (Å²) in [6, 6.07) is -2.48. The van der Waals surface area contributed by atoms with Gasteiger partial charge in [-0.05, 0) is 25.8 Å². The summed E-state index contributed by atoms with van der Waals surface area (Å²) in [5.74, 6) is -5.75. The van der Waals surface area contributed by atoms with Crippen molar-refractivity contribution in [1.82, 2.24) is 16.0 Å². The Morgan fingerprint density at radius 2 is 1.48 bits per heavy atom. The lowest BCUT2D eigenvalue weighted by atomic mass is 9.99. The van der Waals surface area contributed by atoms with Crippen LogP contribution in [0.5, 0.6) is 0 Å². The number of rotatable bonds is 20. The fourth-order valence-electron chi connectivity index (χ4n) is 3.53. The van der Waals surface area contributed by atoms with E-state index in [1.807, 2.05) is 0 Å². The third-order valence-electron chi connectivity index (χ3n) is 6.00. The number of carbonyl (C=O) groups is 7. The summed E-state index contributed by atoms with van der Waals surface area (Å²) in [6.07, 6.45) is 1.45. The molecule has 0 unspecified atom stereocenters. The molecule has 0 bridgehead atoms. The topological polar surface area (TPSA) is 211 Å². The second-order valence-electron chi connectivity index (χ2n) is 11.3. The molecule has 6 N–H and O–H groups in total. The van der Waals surface area contributed by atoms with Crippen molar-refractivity contribution < 1.29 is 43.4 Å². The predicted octanol–water partition coefficient (Wildman–Crippen LogP) is 0.868. The van der Waals surface area contributed by atoms with Gasteiger partial charge in [0.05, 0.1) is 19.1 Å². The van der Waals surface area contributed by atoms with Gasteiger partial charge in [0.1, 0.15) is 12.1 Å². The number of ketones is 1. The summed E-state index contributed by atoms with van der Waals surface area (Å²) in [4.78, 5) is 83.4. The molecule has 0 aliphatic rings. The molecule has 0 aliphatic heterocycles. The SMILES string of the molecule is CC(=O)N[C@@H](CCCCCC(=O)OCC[Si](C)(C)C)C(=O)N[C@@H](C)C(=O)C[C@@H](C)C(=O)N[C@@H](CC(N)=O)C(=O)O. The molecular weight excluding hydrogens is 540 g/mol. The average Bonchev–Trinajstić information content (AvgIpc) is 2.80. The van der Waals surface area contributed by atoms with E-state index in [0.29, 0.717) is 32.3 Å². The number of carboxylic acid groups (broad SMARTS) is 1. The molecule has 0 saturated heterocycles. The molecular formula is C26H46N4O9Si. The maximum atomic E-state index is 12.8. The molecule has 4 amide bonds. The molecule has 13 nitrogen and oxygen atoms in total. The first kappa shape index (κ1) is 36.7. The number of hydrogen-bond donors (Lipinski definition) is 5. The molecule has 0 aromatic rings. The second kappa shape index (κ2) is 18.1. The van der Waals surface area contributed by atoms with Crippen LogP contribution in [-0.2, 0) is 38.3 Å². The second-order valence-corrected chi connectivity index (χ2v) is 16.9. The highest BCUT2D eigenvalue weighted by molar-refractivity contribution is 6.76. The van der Waals surface area contributed by atoms with E-state index >= 15 is 0 Å². The molecule has 0 spiro atoms. The number of nitrogens with one attached hydrogen (secondary N) is 3. The minimum Gasteiger partial charge on any atom is -0.480 e. The summed E-state index contributed by atoms with van der Waals surface area (Å²) < 4.78 is 5.26. The zero-order valence-electron chi connectivity index (χ0n) is 24.5. The van der Waals surface area contributed by atoms with Gasteiger partial charge < -0.3 is 31.5 Å². The fourth-order valence-corrected chi connectivity index (χ4v) is 4.25. The molecule has 0 saturated carbocycles. The predicted molar refractivity (Wildman–Crippen MR) is 150 cm³/mol. The number of hydrogen-bond acceptors (Lipinski definition) is 8. The Bertz CT molecular complexity index is 920. The van der Waals surface area contributed by atoms with E-state index in [0.717, 1.165) is 6.04 Å². The Labute approximate surface area is 236 Å². The first-order valence-electron chi connectivity index (χ1n) is 13.5. The quantitative estimate of drug-likeness (QED) is 0.0777. The van der Waals surface area contributed by atoms with E-state index in [-0.39, 0.29) is 18.8 Å². The fraction of sp³-hybridized carbons (Fsp3) is 0.731. The van der Waals surface area contributed by atoms with Crippen molar-refractivity contribution in [3.63, 3.8) is 0 Å². The number of Topliss-reactive ketones (excluding diaryl/α,β-unsaturated/α-hetero) is 1. The number of aliphatic carboxylic acids is 1. The number of unbranched alkanes of at least 4 members (excludes halogenated alkanes) is 2. The number of carboxylic acids is 1. The number of primary amides is 1. The monoisotopic (exact) mass is 586 g/mol. The molecule has 0 aliphatic carbocycles. The van der Waals surface area contributed by atoms with Crippen molar-refractivity contribution in [2.24, 2.45) is 11.7 Å². The number of ether oxygens (including phenoxy) is 1. The van der Waals surface area contributed by atoms with Crippen LogP contribution in [0.1, 0.15) is 65.7 Å². The Morgan fingerprint density at radius 1 is 0.850 bits per heavy atom. The zero-order valence-corrected chi connectivity index (χ0v) is 25.5. The largest absolute Gasteiger partial charge is 0.480 e. The normalized spacial score (nSPS) is 14.2. The van der Waals surface area contributed by atoms with Gasteiger partial charge in [-0.3, -0.25) is 28.8 Å². The lowest BCUT2D eigenvalue weighted by Crippen LogP contribution is -2.51. The summed E-state index contributed by atoms with van der Waals surface area (Å²) >= 11 is 0. The summed E-state index contributed by atoms with van der Waals surface area (Å²) in [5.41, 5.74) is 5.00. The van der Waals surface area contributed by atoms with Gasteiger partial charge in [0.2, 0.25) is 23.6 Å². The van der Waals surface area contributed by atoms with Crippen LogP contribution >= 0.6 is 0 Å². The van der Waals surface area contributed by atoms with E-state index in [9.17, 15) is 33.6 Å². The number of nitrogens with two attached hydrogens (primary N) is 1. The molecule has 14 heteroatoms. The highest BCUT2D eigenvalue weighted by Crippen LogP contribution is 2.11. The van der Waals surface area contributed by atoms with Gasteiger partial charge in [-0.1, -0.05) is 39.4 Å². The van der Waals surface area contributed by atoms with E-state index in [1.165, 1.54) is 20.8 Å². The average molecular weight is 587 g/mol. The highest BCUT2D eigenvalue weighted by atomic mass is 28.3. The molecule has 0 aromatic carbocycles. The van der Waals surface area contributed by atoms with E-state index < -0.39 is 73.9 Å². The third kappa shape index (κ3) is 17.3. The van der Waals surface area contributed by atoms with E-state index in [2.05, 4.69) is 35.6 Å². The molecule has 0 aromatic heterocycles. The van der Waals surface area contributed by atoms with Gasteiger partial charge in [-0.15, -0.1) is 0 Å². The van der Waals surface area contributed by atoms with Gasteiger partial charge in [-0.25, -0.2) is 4.79 Å². The number of carbonyl (C=O) groups excluding carboxylic acids is 6. The van der Waals surface area contributed by atoms with Gasteiger partial charge in [-0.2, -0.15) is 0 Å². The van der Waals surface area contributed by atoms with E-state index in [4.69, 9.17) is 15.6 Å². The Balaban J connectivity index is 4.72. The standard InChI is InChI=1S/C26H46N4O9Si/c1-16(24(35)30-20(26(37)38)15-22(27)33)14-21(32)17(2)28-25(36)19(29-18(3)31)10-8-7-9-11-23(34)39-12-13-40(4,5)6/h16-17,19-20H,7-15H2,1-6H3,(H2,27,33)(H,28,36)(H,29,31)(H,30,35)(H,37,38)/t16-,17+,19+,20+/m1/s1. The van der Waals surface area contributed by atoms with Crippen LogP contribution in [-0.4, -0.2) is 79.3 Å². The van der Waals surface area contributed by atoms with Gasteiger partial charge in [0.15, 0.2) is 5.78 Å². The van der Waals surface area contributed by atoms with Gasteiger partial charge >= 0.3 is 11.9 Å². The van der Waals surface area contributed by atoms with Crippen molar-refractivity contribution in [2.75, 3.05) is 6.61 Å².